The Balaban J connectivity index is 1.46. The molecule has 0 radical (unpaired) electrons. The van der Waals surface area contributed by atoms with E-state index in [0.29, 0.717) is 6.42 Å². The third-order valence-electron chi connectivity index (χ3n) is 4.45. The SMILES string of the molecule is CN(C)C(=O)CCc1ccc(-n2cc(C3=Nc4ccccc43)nn2)cc1. The third kappa shape index (κ3) is 3.01. The van der Waals surface area contributed by atoms with Gasteiger partial charge in [0.1, 0.15) is 11.4 Å². The van der Waals surface area contributed by atoms with Crippen molar-refractivity contribution in [2.24, 2.45) is 4.99 Å². The average molecular weight is 345 g/mol. The number of benzene rings is 2. The third-order valence-corrected chi connectivity index (χ3v) is 4.45. The lowest BCUT2D eigenvalue weighted by Crippen LogP contribution is -2.21. The number of amides is 1. The van der Waals surface area contributed by atoms with Crippen molar-refractivity contribution in [3.8, 4) is 5.69 Å². The Bertz CT molecular complexity index is 985. The van der Waals surface area contributed by atoms with Crippen LogP contribution in [-0.4, -0.2) is 45.6 Å². The van der Waals surface area contributed by atoms with Crippen LogP contribution in [0.2, 0.25) is 0 Å². The molecule has 4 rings (SSSR count). The van der Waals surface area contributed by atoms with Gasteiger partial charge in [-0.15, -0.1) is 5.10 Å². The molecular weight excluding hydrogens is 326 g/mol. The first-order valence-corrected chi connectivity index (χ1v) is 8.52. The number of carbonyl (C=O) groups excluding carboxylic acids is 1. The lowest BCUT2D eigenvalue weighted by molar-refractivity contribution is -0.128. The first kappa shape index (κ1) is 16.2. The average Bonchev–Trinajstić information content (AvgIpc) is 3.10. The minimum Gasteiger partial charge on any atom is -0.349 e. The minimum absolute atomic E-state index is 0.136. The van der Waals surface area contributed by atoms with Gasteiger partial charge in [0.2, 0.25) is 5.91 Å². The molecular formula is C20H19N5O. The minimum atomic E-state index is 0.136. The summed E-state index contributed by atoms with van der Waals surface area (Å²) in [5.41, 5.74) is 5.81. The molecule has 6 nitrogen and oxygen atoms in total. The van der Waals surface area contributed by atoms with Gasteiger partial charge in [-0.3, -0.25) is 4.79 Å². The van der Waals surface area contributed by atoms with E-state index in [4.69, 9.17) is 0 Å². The van der Waals surface area contributed by atoms with Gasteiger partial charge in [-0.05, 0) is 30.2 Å². The molecule has 130 valence electrons. The summed E-state index contributed by atoms with van der Waals surface area (Å²) >= 11 is 0. The Kier molecular flexibility index (Phi) is 4.08. The largest absolute Gasteiger partial charge is 0.349 e. The van der Waals surface area contributed by atoms with E-state index in [1.165, 1.54) is 0 Å². The predicted octanol–water partition coefficient (Wildman–Crippen LogP) is 2.77. The van der Waals surface area contributed by atoms with Crippen molar-refractivity contribution >= 4 is 17.3 Å². The molecule has 1 aliphatic rings. The fraction of sp³-hybridized carbons (Fsp3) is 0.200. The summed E-state index contributed by atoms with van der Waals surface area (Å²) in [7, 11) is 3.55. The Hall–Kier alpha value is -3.28. The van der Waals surface area contributed by atoms with Crippen LogP contribution in [0.15, 0.2) is 59.7 Å². The predicted molar refractivity (Wildman–Crippen MR) is 100 cm³/mol. The number of carbonyl (C=O) groups is 1. The molecule has 0 N–H and O–H groups in total. The summed E-state index contributed by atoms with van der Waals surface area (Å²) in [6.07, 6.45) is 3.13. The van der Waals surface area contributed by atoms with Crippen LogP contribution in [0.25, 0.3) is 5.69 Å². The molecule has 1 amide bonds. The summed E-state index contributed by atoms with van der Waals surface area (Å²) in [5, 5.41) is 8.46. The Morgan fingerprint density at radius 3 is 2.58 bits per heavy atom. The van der Waals surface area contributed by atoms with Crippen LogP contribution < -0.4 is 0 Å². The van der Waals surface area contributed by atoms with E-state index in [-0.39, 0.29) is 5.91 Å². The molecule has 3 aromatic rings. The van der Waals surface area contributed by atoms with Crippen LogP contribution in [0.4, 0.5) is 5.69 Å². The van der Waals surface area contributed by atoms with Crippen LogP contribution in [-0.2, 0) is 11.2 Å². The standard InChI is InChI=1S/C20H19N5O/c1-24(2)19(26)12-9-14-7-10-15(11-8-14)25-13-18(22-23-25)20-16-5-3-4-6-17(16)21-20/h3-8,10-11,13H,9,12H2,1-2H3. The lowest BCUT2D eigenvalue weighted by atomic mass is 10.0. The van der Waals surface area contributed by atoms with E-state index < -0.39 is 0 Å². The van der Waals surface area contributed by atoms with E-state index in [2.05, 4.69) is 15.3 Å². The second-order valence-electron chi connectivity index (χ2n) is 6.48. The van der Waals surface area contributed by atoms with Crippen molar-refractivity contribution in [3.05, 3.63) is 71.5 Å². The van der Waals surface area contributed by atoms with Crippen LogP contribution in [0.1, 0.15) is 23.2 Å². The lowest BCUT2D eigenvalue weighted by Gasteiger charge is -2.15. The van der Waals surface area contributed by atoms with E-state index in [0.717, 1.165) is 40.3 Å². The molecule has 6 heteroatoms. The zero-order chi connectivity index (χ0) is 18.1. The maximum atomic E-state index is 11.7. The van der Waals surface area contributed by atoms with Gasteiger partial charge in [0.15, 0.2) is 0 Å². The molecule has 0 aliphatic carbocycles. The van der Waals surface area contributed by atoms with Gasteiger partial charge in [-0.25, -0.2) is 9.67 Å². The fourth-order valence-corrected chi connectivity index (χ4v) is 2.88. The number of hydrogen-bond donors (Lipinski definition) is 0. The second-order valence-corrected chi connectivity index (χ2v) is 6.48. The maximum Gasteiger partial charge on any atom is 0.222 e. The molecule has 2 heterocycles. The van der Waals surface area contributed by atoms with Crippen molar-refractivity contribution in [2.75, 3.05) is 14.1 Å². The van der Waals surface area contributed by atoms with Crippen LogP contribution in [0, 0.1) is 0 Å². The zero-order valence-electron chi connectivity index (χ0n) is 14.8. The smallest absolute Gasteiger partial charge is 0.222 e. The van der Waals surface area contributed by atoms with E-state index >= 15 is 0 Å². The fourth-order valence-electron chi connectivity index (χ4n) is 2.88. The van der Waals surface area contributed by atoms with Crippen LogP contribution in [0.3, 0.4) is 0 Å². The van der Waals surface area contributed by atoms with Crippen molar-refractivity contribution in [1.29, 1.82) is 0 Å². The van der Waals surface area contributed by atoms with Gasteiger partial charge in [-0.1, -0.05) is 35.5 Å². The number of para-hydroxylation sites is 1. The molecule has 1 aromatic heterocycles. The number of aliphatic imine (C=N–C) groups is 1. The molecule has 0 saturated heterocycles. The molecule has 2 aromatic carbocycles. The van der Waals surface area contributed by atoms with Crippen molar-refractivity contribution < 1.29 is 4.79 Å². The van der Waals surface area contributed by atoms with Gasteiger partial charge in [0.25, 0.3) is 0 Å². The first-order valence-electron chi connectivity index (χ1n) is 8.52. The van der Waals surface area contributed by atoms with Gasteiger partial charge in [0, 0.05) is 26.1 Å². The molecule has 26 heavy (non-hydrogen) atoms. The van der Waals surface area contributed by atoms with Gasteiger partial charge in [-0.2, -0.15) is 0 Å². The summed E-state index contributed by atoms with van der Waals surface area (Å²) in [6, 6.07) is 16.0. The highest BCUT2D eigenvalue weighted by molar-refractivity contribution is 6.20. The molecule has 1 aliphatic heterocycles. The monoisotopic (exact) mass is 345 g/mol. The van der Waals surface area contributed by atoms with Gasteiger partial charge >= 0.3 is 0 Å². The summed E-state index contributed by atoms with van der Waals surface area (Å²) in [5.74, 6) is 0.136. The molecule has 0 saturated carbocycles. The highest BCUT2D eigenvalue weighted by atomic mass is 16.2. The zero-order valence-corrected chi connectivity index (χ0v) is 14.8. The molecule has 0 unspecified atom stereocenters. The van der Waals surface area contributed by atoms with E-state index in [1.807, 2.05) is 54.7 Å². The number of fused-ring (bicyclic) bond motifs is 1. The number of hydrogen-bond acceptors (Lipinski definition) is 4. The topological polar surface area (TPSA) is 63.4 Å². The van der Waals surface area contributed by atoms with E-state index in [1.54, 1.807) is 23.7 Å². The molecule has 0 bridgehead atoms. The summed E-state index contributed by atoms with van der Waals surface area (Å²) in [6.45, 7) is 0. The Labute approximate surface area is 151 Å². The highest BCUT2D eigenvalue weighted by Gasteiger charge is 2.22. The molecule has 0 atom stereocenters. The maximum absolute atomic E-state index is 11.7. The Morgan fingerprint density at radius 1 is 1.08 bits per heavy atom. The molecule has 0 spiro atoms. The van der Waals surface area contributed by atoms with Crippen molar-refractivity contribution in [3.63, 3.8) is 0 Å². The van der Waals surface area contributed by atoms with Crippen molar-refractivity contribution in [2.45, 2.75) is 12.8 Å². The van der Waals surface area contributed by atoms with Gasteiger partial charge in [0.05, 0.1) is 17.6 Å². The van der Waals surface area contributed by atoms with Crippen LogP contribution >= 0.6 is 0 Å². The number of nitrogens with zero attached hydrogens (tertiary/aromatic N) is 5. The Morgan fingerprint density at radius 2 is 1.85 bits per heavy atom. The van der Waals surface area contributed by atoms with E-state index in [9.17, 15) is 4.79 Å². The first-order chi connectivity index (χ1) is 12.6. The van der Waals surface area contributed by atoms with Crippen molar-refractivity contribution in [1.82, 2.24) is 19.9 Å². The normalized spacial score (nSPS) is 12.2. The second kappa shape index (κ2) is 6.55. The number of aryl methyl sites for hydroxylation is 1. The summed E-state index contributed by atoms with van der Waals surface area (Å²) < 4.78 is 1.74. The number of aromatic nitrogens is 3. The highest BCUT2D eigenvalue weighted by Crippen LogP contribution is 2.31. The molecule has 0 fully saturated rings. The quantitative estimate of drug-likeness (QED) is 0.559. The van der Waals surface area contributed by atoms with Gasteiger partial charge < -0.3 is 4.90 Å². The van der Waals surface area contributed by atoms with Crippen LogP contribution in [0.5, 0.6) is 0 Å². The number of rotatable bonds is 5. The summed E-state index contributed by atoms with van der Waals surface area (Å²) in [4.78, 5) is 17.8.